The van der Waals surface area contributed by atoms with Crippen molar-refractivity contribution in [2.45, 2.75) is 13.5 Å². The molecule has 0 saturated heterocycles. The molecule has 4 heteroatoms. The number of fused-ring (bicyclic) bond motifs is 1. The Hall–Kier alpha value is -1.58. The van der Waals surface area contributed by atoms with E-state index in [4.69, 9.17) is 0 Å². The van der Waals surface area contributed by atoms with Crippen LogP contribution in [0.5, 0.6) is 0 Å². The highest BCUT2D eigenvalue weighted by atomic mass is 19.1. The molecule has 0 fully saturated rings. The number of nitrogens with one attached hydrogen (secondary N) is 1. The predicted molar refractivity (Wildman–Crippen MR) is 48.2 cm³/mol. The number of aromatic amines is 1. The summed E-state index contributed by atoms with van der Waals surface area (Å²) in [5.74, 6) is -0.363. The van der Waals surface area contributed by atoms with Crippen LogP contribution in [0.3, 0.4) is 0 Å². The molecule has 0 atom stereocenters. The summed E-state index contributed by atoms with van der Waals surface area (Å²) in [5.41, 5.74) is 0.643. The average Bonchev–Trinajstić information content (AvgIpc) is 2.42. The lowest BCUT2D eigenvalue weighted by atomic mass is 10.3. The Morgan fingerprint density at radius 2 is 2.31 bits per heavy atom. The second kappa shape index (κ2) is 2.73. The van der Waals surface area contributed by atoms with E-state index in [9.17, 15) is 9.18 Å². The number of benzene rings is 1. The molecule has 13 heavy (non-hydrogen) atoms. The van der Waals surface area contributed by atoms with Gasteiger partial charge in [-0.1, -0.05) is 6.07 Å². The molecular weight excluding hydrogens is 171 g/mol. The lowest BCUT2D eigenvalue weighted by molar-refractivity contribution is 0.623. The first-order chi connectivity index (χ1) is 6.24. The van der Waals surface area contributed by atoms with Crippen LogP contribution in [0.15, 0.2) is 23.0 Å². The molecule has 0 unspecified atom stereocenters. The largest absolute Gasteiger partial charge is 0.326 e. The zero-order valence-electron chi connectivity index (χ0n) is 7.17. The molecule has 0 saturated carbocycles. The van der Waals surface area contributed by atoms with Crippen molar-refractivity contribution in [2.75, 3.05) is 0 Å². The maximum absolute atomic E-state index is 13.3. The van der Waals surface area contributed by atoms with Crippen molar-refractivity contribution in [2.24, 2.45) is 0 Å². The summed E-state index contributed by atoms with van der Waals surface area (Å²) in [7, 11) is 0. The van der Waals surface area contributed by atoms with Gasteiger partial charge in [0.25, 0.3) is 0 Å². The Labute approximate surface area is 73.8 Å². The van der Waals surface area contributed by atoms with Crippen LogP contribution in [0.4, 0.5) is 4.39 Å². The van der Waals surface area contributed by atoms with Crippen LogP contribution in [0.25, 0.3) is 11.0 Å². The highest BCUT2D eigenvalue weighted by molar-refractivity contribution is 5.75. The van der Waals surface area contributed by atoms with E-state index in [1.807, 2.05) is 0 Å². The summed E-state index contributed by atoms with van der Waals surface area (Å²) >= 11 is 0. The lowest BCUT2D eigenvalue weighted by Gasteiger charge is -1.97. The number of imidazole rings is 1. The molecule has 0 aliphatic rings. The van der Waals surface area contributed by atoms with Gasteiger partial charge in [-0.05, 0) is 19.1 Å². The van der Waals surface area contributed by atoms with Crippen molar-refractivity contribution in [3.8, 4) is 0 Å². The Bertz CT molecular complexity index is 498. The molecule has 0 aliphatic heterocycles. The molecule has 68 valence electrons. The van der Waals surface area contributed by atoms with E-state index in [2.05, 4.69) is 4.98 Å². The normalized spacial score (nSPS) is 10.9. The Morgan fingerprint density at radius 3 is 3.00 bits per heavy atom. The molecule has 0 spiro atoms. The van der Waals surface area contributed by atoms with E-state index in [-0.39, 0.29) is 11.5 Å². The van der Waals surface area contributed by atoms with E-state index >= 15 is 0 Å². The Balaban J connectivity index is 2.96. The van der Waals surface area contributed by atoms with Crippen LogP contribution in [0.2, 0.25) is 0 Å². The molecule has 0 radical (unpaired) electrons. The topological polar surface area (TPSA) is 37.8 Å². The lowest BCUT2D eigenvalue weighted by Crippen LogP contribution is -2.15. The fourth-order valence-electron chi connectivity index (χ4n) is 1.48. The fourth-order valence-corrected chi connectivity index (χ4v) is 1.48. The van der Waals surface area contributed by atoms with E-state index in [1.54, 1.807) is 19.1 Å². The minimum Gasteiger partial charge on any atom is -0.305 e. The zero-order chi connectivity index (χ0) is 9.42. The van der Waals surface area contributed by atoms with Gasteiger partial charge >= 0.3 is 5.69 Å². The third kappa shape index (κ3) is 1.06. The van der Waals surface area contributed by atoms with Crippen LogP contribution in [0, 0.1) is 5.82 Å². The minimum absolute atomic E-state index is 0.261. The molecule has 1 aromatic heterocycles. The predicted octanol–water partition coefficient (Wildman–Crippen LogP) is 1.49. The highest BCUT2D eigenvalue weighted by Crippen LogP contribution is 2.13. The van der Waals surface area contributed by atoms with E-state index in [1.165, 1.54) is 10.6 Å². The summed E-state index contributed by atoms with van der Waals surface area (Å²) in [6, 6.07) is 4.61. The quantitative estimate of drug-likeness (QED) is 0.709. The molecular formula is C9H9FN2O. The summed E-state index contributed by atoms with van der Waals surface area (Å²) in [6.07, 6.45) is 0. The molecule has 0 amide bonds. The minimum atomic E-state index is -0.363. The van der Waals surface area contributed by atoms with Crippen LogP contribution in [0.1, 0.15) is 6.92 Å². The van der Waals surface area contributed by atoms with Crippen molar-refractivity contribution >= 4 is 11.0 Å². The fraction of sp³-hybridized carbons (Fsp3) is 0.222. The van der Waals surface area contributed by atoms with Gasteiger partial charge in [0.1, 0.15) is 11.3 Å². The number of rotatable bonds is 1. The molecule has 2 rings (SSSR count). The zero-order valence-corrected chi connectivity index (χ0v) is 7.17. The van der Waals surface area contributed by atoms with Gasteiger partial charge in [-0.25, -0.2) is 9.18 Å². The number of para-hydroxylation sites is 1. The van der Waals surface area contributed by atoms with E-state index < -0.39 is 0 Å². The third-order valence-electron chi connectivity index (χ3n) is 2.06. The number of aryl methyl sites for hydroxylation is 1. The van der Waals surface area contributed by atoms with Crippen LogP contribution < -0.4 is 5.69 Å². The van der Waals surface area contributed by atoms with Gasteiger partial charge in [-0.3, -0.25) is 4.57 Å². The highest BCUT2D eigenvalue weighted by Gasteiger charge is 2.08. The molecule has 3 nitrogen and oxygen atoms in total. The second-order valence-corrected chi connectivity index (χ2v) is 2.81. The van der Waals surface area contributed by atoms with E-state index in [0.717, 1.165) is 0 Å². The van der Waals surface area contributed by atoms with E-state index in [0.29, 0.717) is 17.6 Å². The van der Waals surface area contributed by atoms with Gasteiger partial charge in [0.2, 0.25) is 0 Å². The van der Waals surface area contributed by atoms with Gasteiger partial charge in [-0.15, -0.1) is 0 Å². The van der Waals surface area contributed by atoms with Crippen LogP contribution in [-0.2, 0) is 6.54 Å². The molecule has 0 aliphatic carbocycles. The van der Waals surface area contributed by atoms with Gasteiger partial charge in [0, 0.05) is 6.54 Å². The molecule has 1 aromatic carbocycles. The van der Waals surface area contributed by atoms with Gasteiger partial charge in [-0.2, -0.15) is 0 Å². The van der Waals surface area contributed by atoms with Crippen LogP contribution >= 0.6 is 0 Å². The first-order valence-corrected chi connectivity index (χ1v) is 4.11. The van der Waals surface area contributed by atoms with Gasteiger partial charge < -0.3 is 4.98 Å². The van der Waals surface area contributed by atoms with Crippen molar-refractivity contribution in [1.29, 1.82) is 0 Å². The number of halogens is 1. The number of hydrogen-bond donors (Lipinski definition) is 1. The third-order valence-corrected chi connectivity index (χ3v) is 2.06. The average molecular weight is 180 g/mol. The summed E-state index contributed by atoms with van der Waals surface area (Å²) in [4.78, 5) is 13.8. The Morgan fingerprint density at radius 1 is 1.54 bits per heavy atom. The number of H-pyrrole nitrogens is 1. The number of hydrogen-bond acceptors (Lipinski definition) is 1. The van der Waals surface area contributed by atoms with Crippen molar-refractivity contribution in [3.05, 3.63) is 34.5 Å². The van der Waals surface area contributed by atoms with Crippen molar-refractivity contribution in [3.63, 3.8) is 0 Å². The number of nitrogens with zero attached hydrogens (tertiary/aromatic N) is 1. The smallest absolute Gasteiger partial charge is 0.305 e. The molecule has 1 heterocycles. The number of aromatic nitrogens is 2. The maximum atomic E-state index is 13.3. The molecule has 0 bridgehead atoms. The standard InChI is InChI=1S/C9H9FN2O/c1-2-12-8-6(10)4-3-5-7(8)11-9(12)13/h3-5H,2H2,1H3,(H,11,13). The maximum Gasteiger partial charge on any atom is 0.326 e. The van der Waals surface area contributed by atoms with Gasteiger partial charge in [0.05, 0.1) is 5.52 Å². The molecule has 2 aromatic rings. The van der Waals surface area contributed by atoms with Crippen molar-refractivity contribution < 1.29 is 4.39 Å². The summed E-state index contributed by atoms with van der Waals surface area (Å²) in [6.45, 7) is 2.28. The first-order valence-electron chi connectivity index (χ1n) is 4.11. The molecule has 1 N–H and O–H groups in total. The summed E-state index contributed by atoms with van der Waals surface area (Å²) < 4.78 is 14.6. The summed E-state index contributed by atoms with van der Waals surface area (Å²) in [5, 5.41) is 0. The van der Waals surface area contributed by atoms with Gasteiger partial charge in [0.15, 0.2) is 0 Å². The second-order valence-electron chi connectivity index (χ2n) is 2.81. The van der Waals surface area contributed by atoms with Crippen LogP contribution in [-0.4, -0.2) is 9.55 Å². The SMILES string of the molecule is CCn1c(=O)[nH]c2cccc(F)c21. The Kier molecular flexibility index (Phi) is 1.69. The van der Waals surface area contributed by atoms with Crippen molar-refractivity contribution in [1.82, 2.24) is 9.55 Å². The monoisotopic (exact) mass is 180 g/mol. The first kappa shape index (κ1) is 8.04.